The third kappa shape index (κ3) is 4.20. The van der Waals surface area contributed by atoms with Crippen molar-refractivity contribution < 1.29 is 14.3 Å². The van der Waals surface area contributed by atoms with Crippen LogP contribution in [-0.4, -0.2) is 45.3 Å². The standard InChI is InChI=1S/C27H30Cl2N3O2/c1-3-17-4-7-24(27(33)21-8-10-30-23-6-5-20(34-2)15-22(21)23)32(11-9-19(32)12-17)16-18-13-25(28)31-26(29)14-18/h3,5-6,8,10,13-15,17,19,24,27,33H,1,4,7,9,11-12,16H2,2H3/q+1. The van der Waals surface area contributed by atoms with Gasteiger partial charge < -0.3 is 14.3 Å². The van der Waals surface area contributed by atoms with Crippen LogP contribution in [0, 0.1) is 5.92 Å². The second-order valence-electron chi connectivity index (χ2n) is 9.65. The Kier molecular flexibility index (Phi) is 6.56. The third-order valence-corrected chi connectivity index (χ3v) is 8.36. The van der Waals surface area contributed by atoms with E-state index in [1.807, 2.05) is 36.4 Å². The van der Waals surface area contributed by atoms with Gasteiger partial charge in [0, 0.05) is 36.4 Å². The molecular formula is C27H30Cl2N3O2+. The highest BCUT2D eigenvalue weighted by Gasteiger charge is 2.55. The lowest BCUT2D eigenvalue weighted by Gasteiger charge is -2.57. The Bertz CT molecular complexity index is 1200. The number of rotatable bonds is 6. The molecule has 0 bridgehead atoms. The SMILES string of the molecule is C=CC1CCC(C(O)c2ccnc3ccc(OC)cc23)[N+]2(Cc3cc(Cl)nc(Cl)c3)CCC2C1. The van der Waals surface area contributed by atoms with Gasteiger partial charge in [-0.25, -0.2) is 4.98 Å². The van der Waals surface area contributed by atoms with E-state index in [0.717, 1.165) is 71.0 Å². The van der Waals surface area contributed by atoms with Crippen molar-refractivity contribution in [2.45, 2.75) is 50.4 Å². The molecule has 5 nitrogen and oxygen atoms in total. The molecule has 1 N–H and O–H groups in total. The summed E-state index contributed by atoms with van der Waals surface area (Å²) < 4.78 is 6.30. The molecule has 1 aromatic carbocycles. The summed E-state index contributed by atoms with van der Waals surface area (Å²) in [6.07, 6.45) is 7.40. The van der Waals surface area contributed by atoms with Crippen molar-refractivity contribution >= 4 is 34.1 Å². The predicted octanol–water partition coefficient (Wildman–Crippen LogP) is 6.12. The first-order valence-corrected chi connectivity index (χ1v) is 12.6. The van der Waals surface area contributed by atoms with Crippen molar-refractivity contribution in [1.82, 2.24) is 9.97 Å². The number of halogens is 2. The number of hydrogen-bond donors (Lipinski definition) is 1. The minimum Gasteiger partial charge on any atom is -0.497 e. The Morgan fingerprint density at radius 2 is 1.97 bits per heavy atom. The van der Waals surface area contributed by atoms with Gasteiger partial charge in [-0.2, -0.15) is 0 Å². The van der Waals surface area contributed by atoms with Crippen molar-refractivity contribution in [2.75, 3.05) is 13.7 Å². The second-order valence-corrected chi connectivity index (χ2v) is 10.4. The summed E-state index contributed by atoms with van der Waals surface area (Å²) in [4.78, 5) is 8.65. The number of methoxy groups -OCH3 is 1. The minimum atomic E-state index is -0.642. The Hall–Kier alpha value is -2.18. The molecule has 178 valence electrons. The van der Waals surface area contributed by atoms with E-state index in [2.05, 4.69) is 22.6 Å². The van der Waals surface area contributed by atoms with Gasteiger partial charge in [0.1, 0.15) is 34.7 Å². The molecule has 0 aliphatic carbocycles. The van der Waals surface area contributed by atoms with Crippen LogP contribution in [0.2, 0.25) is 10.3 Å². The molecule has 2 fully saturated rings. The number of benzene rings is 1. The van der Waals surface area contributed by atoms with Crippen LogP contribution >= 0.6 is 23.2 Å². The van der Waals surface area contributed by atoms with Gasteiger partial charge in [0.25, 0.3) is 0 Å². The van der Waals surface area contributed by atoms with E-state index in [1.54, 1.807) is 13.3 Å². The maximum atomic E-state index is 12.0. The monoisotopic (exact) mass is 498 g/mol. The molecule has 0 amide bonds. The van der Waals surface area contributed by atoms with E-state index in [9.17, 15) is 5.11 Å². The number of fused-ring (bicyclic) bond motifs is 2. The molecule has 3 aromatic rings. The molecule has 2 aromatic heterocycles. The molecule has 5 rings (SSSR count). The van der Waals surface area contributed by atoms with E-state index >= 15 is 0 Å². The molecule has 2 aliphatic rings. The fourth-order valence-corrected chi connectivity index (χ4v) is 6.69. The van der Waals surface area contributed by atoms with Gasteiger partial charge in [-0.15, -0.1) is 6.58 Å². The predicted molar refractivity (Wildman–Crippen MR) is 136 cm³/mol. The molecule has 7 heteroatoms. The minimum absolute atomic E-state index is 0.0335. The quantitative estimate of drug-likeness (QED) is 0.252. The zero-order chi connectivity index (χ0) is 23.9. The molecule has 34 heavy (non-hydrogen) atoms. The number of aliphatic hydroxyl groups excluding tert-OH is 1. The largest absolute Gasteiger partial charge is 0.497 e. The van der Waals surface area contributed by atoms with Crippen molar-refractivity contribution in [2.24, 2.45) is 5.92 Å². The summed E-state index contributed by atoms with van der Waals surface area (Å²) in [5.74, 6) is 1.22. The Morgan fingerprint density at radius 3 is 2.65 bits per heavy atom. The van der Waals surface area contributed by atoms with E-state index < -0.39 is 6.10 Å². The van der Waals surface area contributed by atoms with Crippen LogP contribution in [0.5, 0.6) is 5.75 Å². The maximum absolute atomic E-state index is 12.0. The summed E-state index contributed by atoms with van der Waals surface area (Å²) in [6.45, 7) is 5.88. The highest BCUT2D eigenvalue weighted by atomic mass is 35.5. The van der Waals surface area contributed by atoms with Crippen molar-refractivity contribution in [3.05, 3.63) is 76.7 Å². The molecule has 2 saturated heterocycles. The van der Waals surface area contributed by atoms with E-state index in [1.165, 1.54) is 0 Å². The lowest BCUT2D eigenvalue weighted by molar-refractivity contribution is -1.02. The molecule has 0 radical (unpaired) electrons. The highest BCUT2D eigenvalue weighted by Crippen LogP contribution is 2.48. The molecule has 2 aliphatic heterocycles. The fourth-order valence-electron chi connectivity index (χ4n) is 6.18. The number of aliphatic hydroxyl groups is 1. The van der Waals surface area contributed by atoms with Crippen LogP contribution in [0.4, 0.5) is 0 Å². The van der Waals surface area contributed by atoms with Crippen LogP contribution in [0.1, 0.15) is 42.9 Å². The summed E-state index contributed by atoms with van der Waals surface area (Å²) >= 11 is 12.5. The van der Waals surface area contributed by atoms with Gasteiger partial charge in [0.2, 0.25) is 0 Å². The second kappa shape index (κ2) is 9.46. The summed E-state index contributed by atoms with van der Waals surface area (Å²) in [5, 5.41) is 13.7. The zero-order valence-corrected chi connectivity index (χ0v) is 20.8. The number of allylic oxidation sites excluding steroid dienone is 1. The Morgan fingerprint density at radius 1 is 1.18 bits per heavy atom. The Balaban J connectivity index is 1.58. The normalized spacial score (nSPS) is 27.4. The number of ether oxygens (including phenoxy) is 1. The van der Waals surface area contributed by atoms with Crippen LogP contribution in [0.15, 0.2) is 55.3 Å². The first-order chi connectivity index (χ1) is 16.4. The van der Waals surface area contributed by atoms with Crippen LogP contribution in [0.25, 0.3) is 10.9 Å². The summed E-state index contributed by atoms with van der Waals surface area (Å²) in [7, 11) is 1.66. The van der Waals surface area contributed by atoms with E-state index in [4.69, 9.17) is 27.9 Å². The van der Waals surface area contributed by atoms with Crippen molar-refractivity contribution in [3.63, 3.8) is 0 Å². The fraction of sp³-hybridized carbons (Fsp3) is 0.407. The topological polar surface area (TPSA) is 55.2 Å². The van der Waals surface area contributed by atoms with Gasteiger partial charge in [-0.1, -0.05) is 29.3 Å². The van der Waals surface area contributed by atoms with Crippen LogP contribution in [0.3, 0.4) is 0 Å². The molecule has 0 saturated carbocycles. The highest BCUT2D eigenvalue weighted by molar-refractivity contribution is 6.32. The van der Waals surface area contributed by atoms with Crippen LogP contribution in [-0.2, 0) is 6.54 Å². The van der Waals surface area contributed by atoms with Crippen LogP contribution < -0.4 is 4.74 Å². The number of aromatic nitrogens is 2. The first-order valence-electron chi connectivity index (χ1n) is 11.8. The van der Waals surface area contributed by atoms with Gasteiger partial charge in [-0.05, 0) is 54.3 Å². The average molecular weight is 499 g/mol. The van der Waals surface area contributed by atoms with E-state index in [0.29, 0.717) is 22.3 Å². The average Bonchev–Trinajstić information content (AvgIpc) is 2.92. The molecular weight excluding hydrogens is 469 g/mol. The molecule has 0 spiro atoms. The number of pyridine rings is 2. The number of hydrogen-bond acceptors (Lipinski definition) is 4. The van der Waals surface area contributed by atoms with Gasteiger partial charge >= 0.3 is 0 Å². The molecule has 4 heterocycles. The van der Waals surface area contributed by atoms with Gasteiger partial charge in [0.05, 0.1) is 25.2 Å². The molecule has 5 unspecified atom stereocenters. The smallest absolute Gasteiger partial charge is 0.131 e. The summed E-state index contributed by atoms with van der Waals surface area (Å²) in [5.41, 5.74) is 2.82. The number of quaternary nitrogens is 1. The van der Waals surface area contributed by atoms with Crippen molar-refractivity contribution in [3.8, 4) is 5.75 Å². The Labute approximate surface area is 210 Å². The van der Waals surface area contributed by atoms with E-state index in [-0.39, 0.29) is 6.04 Å². The van der Waals surface area contributed by atoms with Gasteiger partial charge in [0.15, 0.2) is 0 Å². The van der Waals surface area contributed by atoms with Gasteiger partial charge in [-0.3, -0.25) is 4.98 Å². The third-order valence-electron chi connectivity index (χ3n) is 7.97. The maximum Gasteiger partial charge on any atom is 0.131 e. The lowest BCUT2D eigenvalue weighted by atomic mass is 9.85. The lowest BCUT2D eigenvalue weighted by Crippen LogP contribution is -2.69. The zero-order valence-electron chi connectivity index (χ0n) is 19.3. The van der Waals surface area contributed by atoms with Crippen molar-refractivity contribution in [1.29, 1.82) is 0 Å². The summed E-state index contributed by atoms with van der Waals surface area (Å²) in [6, 6.07) is 12.1. The number of nitrogens with zero attached hydrogens (tertiary/aromatic N) is 3. The first kappa shape index (κ1) is 23.6. The molecule has 5 atom stereocenters.